The molecular weight excluding hydrogens is 334 g/mol. The lowest BCUT2D eigenvalue weighted by Crippen LogP contribution is -2.00. The molecule has 26 heavy (non-hydrogen) atoms. The molecule has 0 spiro atoms. The molecule has 0 aliphatic rings. The number of rotatable bonds is 4. The smallest absolute Gasteiger partial charge is 0.216 e. The van der Waals surface area contributed by atoms with Crippen molar-refractivity contribution in [3.63, 3.8) is 0 Å². The highest BCUT2D eigenvalue weighted by molar-refractivity contribution is 5.80. The molecule has 4 aromatic rings. The summed E-state index contributed by atoms with van der Waals surface area (Å²) in [4.78, 5) is 14.9. The van der Waals surface area contributed by atoms with Crippen molar-refractivity contribution >= 4 is 11.0 Å². The van der Waals surface area contributed by atoms with Crippen molar-refractivity contribution in [3.05, 3.63) is 95.2 Å². The predicted molar refractivity (Wildman–Crippen MR) is 94.5 cm³/mol. The van der Waals surface area contributed by atoms with E-state index < -0.39 is 11.9 Å². The average molecular weight is 349 g/mol. The van der Waals surface area contributed by atoms with Crippen LogP contribution < -0.4 is 0 Å². The molecular formula is C20H15F2N4. The van der Waals surface area contributed by atoms with E-state index in [-0.39, 0.29) is 5.56 Å². The molecule has 0 amide bonds. The minimum atomic E-state index is -0.611. The molecule has 129 valence electrons. The molecule has 4 nitrogen and oxygen atoms in total. The number of H-pyrrole nitrogens is 1. The Morgan fingerprint density at radius 2 is 1.96 bits per heavy atom. The van der Waals surface area contributed by atoms with Crippen LogP contribution in [-0.4, -0.2) is 19.9 Å². The number of aromatic amines is 1. The van der Waals surface area contributed by atoms with Gasteiger partial charge >= 0.3 is 0 Å². The number of nitrogens with one attached hydrogen (secondary N) is 1. The summed E-state index contributed by atoms with van der Waals surface area (Å²) in [6, 6.07) is 8.55. The number of nitrogens with zero attached hydrogens (tertiary/aromatic N) is 3. The first-order valence-electron chi connectivity index (χ1n) is 8.13. The van der Waals surface area contributed by atoms with Crippen molar-refractivity contribution in [3.8, 4) is 0 Å². The second-order valence-electron chi connectivity index (χ2n) is 6.11. The largest absolute Gasteiger partial charge is 0.346 e. The molecule has 0 unspecified atom stereocenters. The maximum atomic E-state index is 14.5. The Labute approximate surface area is 149 Å². The van der Waals surface area contributed by atoms with Crippen LogP contribution in [0, 0.1) is 25.2 Å². The lowest BCUT2D eigenvalue weighted by Gasteiger charge is -2.06. The van der Waals surface area contributed by atoms with Gasteiger partial charge in [-0.1, -0.05) is 12.1 Å². The molecule has 0 aromatic carbocycles. The number of halogens is 2. The Bertz CT molecular complexity index is 1090. The lowest BCUT2D eigenvalue weighted by atomic mass is 10.0. The van der Waals surface area contributed by atoms with Crippen LogP contribution in [0.15, 0.2) is 48.9 Å². The molecule has 0 bridgehead atoms. The Kier molecular flexibility index (Phi) is 4.16. The quantitative estimate of drug-likeness (QED) is 0.564. The fraction of sp³-hybridized carbons (Fsp3) is 0.100. The van der Waals surface area contributed by atoms with Gasteiger partial charge in [-0.25, -0.2) is 15.0 Å². The molecule has 0 atom stereocenters. The van der Waals surface area contributed by atoms with Crippen LogP contribution in [0.1, 0.15) is 27.9 Å². The van der Waals surface area contributed by atoms with E-state index in [1.165, 1.54) is 12.6 Å². The van der Waals surface area contributed by atoms with Crippen LogP contribution in [0.4, 0.5) is 8.78 Å². The summed E-state index contributed by atoms with van der Waals surface area (Å²) in [5.74, 6) is -1.18. The highest BCUT2D eigenvalue weighted by atomic mass is 19.1. The SMILES string of the molecule is Cc1cnc2[nH]cc(Cc3ccc([CH]c4cccnc4F)nc3F)c2c1. The summed E-state index contributed by atoms with van der Waals surface area (Å²) in [5, 5.41) is 0.970. The van der Waals surface area contributed by atoms with Gasteiger partial charge in [-0.3, -0.25) is 0 Å². The van der Waals surface area contributed by atoms with Gasteiger partial charge in [0, 0.05) is 47.9 Å². The summed E-state index contributed by atoms with van der Waals surface area (Å²) in [7, 11) is 0. The number of aryl methyl sites for hydroxylation is 1. The van der Waals surface area contributed by atoms with Gasteiger partial charge in [0.05, 0.1) is 5.69 Å². The summed E-state index contributed by atoms with van der Waals surface area (Å²) in [6.45, 7) is 1.97. The monoisotopic (exact) mass is 349 g/mol. The van der Waals surface area contributed by atoms with Gasteiger partial charge < -0.3 is 4.98 Å². The van der Waals surface area contributed by atoms with Crippen LogP contribution in [0.3, 0.4) is 0 Å². The Hall–Kier alpha value is -3.15. The van der Waals surface area contributed by atoms with Crippen LogP contribution in [0.2, 0.25) is 0 Å². The van der Waals surface area contributed by atoms with Gasteiger partial charge in [0.15, 0.2) is 0 Å². The summed E-state index contributed by atoms with van der Waals surface area (Å²) in [5.41, 5.74) is 3.85. The number of fused-ring (bicyclic) bond motifs is 1. The van der Waals surface area contributed by atoms with Gasteiger partial charge in [-0.05, 0) is 36.2 Å². The molecule has 0 aliphatic heterocycles. The van der Waals surface area contributed by atoms with E-state index in [2.05, 4.69) is 19.9 Å². The lowest BCUT2D eigenvalue weighted by molar-refractivity contribution is 0.564. The van der Waals surface area contributed by atoms with E-state index in [0.29, 0.717) is 17.7 Å². The number of hydrogen-bond acceptors (Lipinski definition) is 3. The van der Waals surface area contributed by atoms with E-state index in [1.807, 2.05) is 19.2 Å². The van der Waals surface area contributed by atoms with Crippen LogP contribution >= 0.6 is 0 Å². The maximum absolute atomic E-state index is 14.5. The maximum Gasteiger partial charge on any atom is 0.216 e. The molecule has 0 fully saturated rings. The third kappa shape index (κ3) is 3.18. The van der Waals surface area contributed by atoms with Crippen molar-refractivity contribution in [1.29, 1.82) is 0 Å². The highest BCUT2D eigenvalue weighted by Gasteiger charge is 2.12. The highest BCUT2D eigenvalue weighted by Crippen LogP contribution is 2.22. The van der Waals surface area contributed by atoms with Crippen molar-refractivity contribution in [1.82, 2.24) is 19.9 Å². The first-order valence-corrected chi connectivity index (χ1v) is 8.13. The van der Waals surface area contributed by atoms with Gasteiger partial charge in [0.25, 0.3) is 0 Å². The van der Waals surface area contributed by atoms with E-state index >= 15 is 0 Å². The summed E-state index contributed by atoms with van der Waals surface area (Å²) in [6.07, 6.45) is 6.84. The van der Waals surface area contributed by atoms with Crippen molar-refractivity contribution in [2.45, 2.75) is 13.3 Å². The topological polar surface area (TPSA) is 54.5 Å². The third-order valence-corrected chi connectivity index (χ3v) is 4.17. The first-order chi connectivity index (χ1) is 12.6. The van der Waals surface area contributed by atoms with E-state index in [0.717, 1.165) is 22.2 Å². The summed E-state index contributed by atoms with van der Waals surface area (Å²) < 4.78 is 28.1. The van der Waals surface area contributed by atoms with Crippen molar-refractivity contribution < 1.29 is 8.78 Å². The van der Waals surface area contributed by atoms with E-state index in [9.17, 15) is 8.78 Å². The van der Waals surface area contributed by atoms with Crippen LogP contribution in [0.5, 0.6) is 0 Å². The molecule has 0 aliphatic carbocycles. The average Bonchev–Trinajstić information content (AvgIpc) is 3.01. The van der Waals surface area contributed by atoms with Crippen LogP contribution in [0.25, 0.3) is 11.0 Å². The number of pyridine rings is 3. The van der Waals surface area contributed by atoms with E-state index in [1.54, 1.807) is 30.5 Å². The first kappa shape index (κ1) is 16.3. The van der Waals surface area contributed by atoms with E-state index in [4.69, 9.17) is 0 Å². The zero-order chi connectivity index (χ0) is 18.1. The Morgan fingerprint density at radius 1 is 1.08 bits per heavy atom. The number of aromatic nitrogens is 4. The van der Waals surface area contributed by atoms with Crippen molar-refractivity contribution in [2.24, 2.45) is 0 Å². The molecule has 4 aromatic heterocycles. The Balaban J connectivity index is 1.60. The molecule has 1 N–H and O–H groups in total. The second kappa shape index (κ2) is 6.63. The fourth-order valence-electron chi connectivity index (χ4n) is 2.87. The summed E-state index contributed by atoms with van der Waals surface area (Å²) >= 11 is 0. The molecule has 6 heteroatoms. The second-order valence-corrected chi connectivity index (χ2v) is 6.11. The van der Waals surface area contributed by atoms with Gasteiger partial charge in [0.1, 0.15) is 5.65 Å². The predicted octanol–water partition coefficient (Wildman–Crippen LogP) is 4.13. The molecule has 1 radical (unpaired) electrons. The molecule has 0 saturated heterocycles. The fourth-order valence-corrected chi connectivity index (χ4v) is 2.87. The molecule has 0 saturated carbocycles. The standard InChI is InChI=1S/C20H15F2N4/c1-12-7-17-15(11-25-20(17)24-10-12)8-14-4-5-16(26-19(14)22)9-13-3-2-6-23-18(13)21/h2-7,9-11H,8H2,1H3,(H,24,25). The van der Waals surface area contributed by atoms with Crippen molar-refractivity contribution in [2.75, 3.05) is 0 Å². The Morgan fingerprint density at radius 3 is 2.77 bits per heavy atom. The van der Waals surface area contributed by atoms with Gasteiger partial charge in [-0.15, -0.1) is 0 Å². The minimum absolute atomic E-state index is 0.269. The molecule has 4 rings (SSSR count). The zero-order valence-electron chi connectivity index (χ0n) is 14.0. The normalized spacial score (nSPS) is 11.2. The van der Waals surface area contributed by atoms with Crippen LogP contribution in [-0.2, 0) is 6.42 Å². The zero-order valence-corrected chi connectivity index (χ0v) is 14.0. The number of hydrogen-bond donors (Lipinski definition) is 1. The van der Waals surface area contributed by atoms with Gasteiger partial charge in [0.2, 0.25) is 11.9 Å². The minimum Gasteiger partial charge on any atom is -0.346 e. The third-order valence-electron chi connectivity index (χ3n) is 4.17. The van der Waals surface area contributed by atoms with Gasteiger partial charge in [-0.2, -0.15) is 8.78 Å². The molecule has 4 heterocycles.